The standard InChI is InChI=1S/C13H14ClN3O/c1-17-5-4-9(8-17)7-16-13(18)10-2-3-12(15)11(14)6-10/h2-6,8H,7,15H2,1H3,(H,16,18). The molecular formula is C13H14ClN3O. The van der Waals surface area contributed by atoms with E-state index in [2.05, 4.69) is 5.32 Å². The number of aromatic nitrogens is 1. The van der Waals surface area contributed by atoms with E-state index in [0.29, 0.717) is 22.8 Å². The Morgan fingerprint density at radius 2 is 2.22 bits per heavy atom. The van der Waals surface area contributed by atoms with Crippen LogP contribution >= 0.6 is 11.6 Å². The van der Waals surface area contributed by atoms with Gasteiger partial charge in [0.2, 0.25) is 0 Å². The molecule has 2 rings (SSSR count). The number of aryl methyl sites for hydroxylation is 1. The number of nitrogen functional groups attached to an aromatic ring is 1. The molecule has 0 saturated heterocycles. The lowest BCUT2D eigenvalue weighted by molar-refractivity contribution is 0.0951. The van der Waals surface area contributed by atoms with Gasteiger partial charge in [-0.3, -0.25) is 4.79 Å². The highest BCUT2D eigenvalue weighted by Gasteiger charge is 2.07. The van der Waals surface area contributed by atoms with E-state index in [1.165, 1.54) is 0 Å². The van der Waals surface area contributed by atoms with Crippen LogP contribution in [0.5, 0.6) is 0 Å². The number of carbonyl (C=O) groups is 1. The monoisotopic (exact) mass is 263 g/mol. The summed E-state index contributed by atoms with van der Waals surface area (Å²) < 4.78 is 1.93. The van der Waals surface area contributed by atoms with Crippen LogP contribution in [0, 0.1) is 0 Å². The van der Waals surface area contributed by atoms with Crippen molar-refractivity contribution >= 4 is 23.2 Å². The fraction of sp³-hybridized carbons (Fsp3) is 0.154. The van der Waals surface area contributed by atoms with Crippen LogP contribution in [-0.2, 0) is 13.6 Å². The summed E-state index contributed by atoms with van der Waals surface area (Å²) in [6.45, 7) is 0.488. The van der Waals surface area contributed by atoms with Crippen molar-refractivity contribution in [2.75, 3.05) is 5.73 Å². The first-order valence-corrected chi connectivity index (χ1v) is 5.88. The van der Waals surface area contributed by atoms with E-state index in [4.69, 9.17) is 17.3 Å². The molecule has 0 radical (unpaired) electrons. The Bertz CT molecular complexity index is 577. The summed E-state index contributed by atoms with van der Waals surface area (Å²) in [6, 6.07) is 6.80. The lowest BCUT2D eigenvalue weighted by Crippen LogP contribution is -2.22. The molecule has 0 aliphatic carbocycles. The van der Waals surface area contributed by atoms with E-state index < -0.39 is 0 Å². The first-order chi connectivity index (χ1) is 8.56. The molecule has 1 amide bonds. The van der Waals surface area contributed by atoms with Gasteiger partial charge in [-0.05, 0) is 29.8 Å². The van der Waals surface area contributed by atoms with E-state index in [0.717, 1.165) is 5.56 Å². The minimum absolute atomic E-state index is 0.166. The Morgan fingerprint density at radius 3 is 2.83 bits per heavy atom. The zero-order valence-electron chi connectivity index (χ0n) is 9.98. The van der Waals surface area contributed by atoms with Gasteiger partial charge in [-0.25, -0.2) is 0 Å². The fourth-order valence-electron chi connectivity index (χ4n) is 1.62. The maximum absolute atomic E-state index is 11.9. The van der Waals surface area contributed by atoms with Gasteiger partial charge in [0.15, 0.2) is 0 Å². The molecule has 0 unspecified atom stereocenters. The molecule has 0 aliphatic rings. The predicted octanol–water partition coefficient (Wildman–Crippen LogP) is 2.19. The molecule has 0 aliphatic heterocycles. The number of amides is 1. The van der Waals surface area contributed by atoms with Gasteiger partial charge in [0, 0.05) is 31.5 Å². The summed E-state index contributed by atoms with van der Waals surface area (Å²) >= 11 is 5.87. The zero-order chi connectivity index (χ0) is 13.1. The summed E-state index contributed by atoms with van der Waals surface area (Å²) in [6.07, 6.45) is 3.89. The third-order valence-electron chi connectivity index (χ3n) is 2.61. The van der Waals surface area contributed by atoms with Crippen LogP contribution < -0.4 is 11.1 Å². The average Bonchev–Trinajstić information content (AvgIpc) is 2.75. The van der Waals surface area contributed by atoms with Gasteiger partial charge in [0.25, 0.3) is 5.91 Å². The lowest BCUT2D eigenvalue weighted by atomic mass is 10.2. The van der Waals surface area contributed by atoms with Crippen molar-refractivity contribution in [2.24, 2.45) is 7.05 Å². The molecule has 4 nitrogen and oxygen atoms in total. The number of anilines is 1. The minimum Gasteiger partial charge on any atom is -0.398 e. The van der Waals surface area contributed by atoms with Crippen LogP contribution in [0.15, 0.2) is 36.7 Å². The number of nitrogens with zero attached hydrogens (tertiary/aromatic N) is 1. The summed E-state index contributed by atoms with van der Waals surface area (Å²) in [7, 11) is 1.94. The Labute approximate surface area is 110 Å². The van der Waals surface area contributed by atoms with Crippen LogP contribution in [0.3, 0.4) is 0 Å². The van der Waals surface area contributed by atoms with Crippen molar-refractivity contribution in [3.05, 3.63) is 52.8 Å². The van der Waals surface area contributed by atoms with Crippen molar-refractivity contribution in [3.63, 3.8) is 0 Å². The Hall–Kier alpha value is -1.94. The van der Waals surface area contributed by atoms with E-state index in [-0.39, 0.29) is 5.91 Å². The summed E-state index contributed by atoms with van der Waals surface area (Å²) in [5.41, 5.74) is 7.61. The molecule has 1 heterocycles. The lowest BCUT2D eigenvalue weighted by Gasteiger charge is -2.05. The molecule has 0 bridgehead atoms. The molecular weight excluding hydrogens is 250 g/mol. The highest BCUT2D eigenvalue weighted by Crippen LogP contribution is 2.19. The summed E-state index contributed by atoms with van der Waals surface area (Å²) in [5, 5.41) is 3.21. The van der Waals surface area contributed by atoms with Gasteiger partial charge in [-0.1, -0.05) is 11.6 Å². The van der Waals surface area contributed by atoms with Gasteiger partial charge in [-0.2, -0.15) is 0 Å². The number of benzene rings is 1. The first kappa shape index (κ1) is 12.5. The average molecular weight is 264 g/mol. The van der Waals surface area contributed by atoms with Gasteiger partial charge in [0.1, 0.15) is 0 Å². The van der Waals surface area contributed by atoms with Crippen molar-refractivity contribution in [1.82, 2.24) is 9.88 Å². The van der Waals surface area contributed by atoms with Crippen LogP contribution in [0.4, 0.5) is 5.69 Å². The SMILES string of the molecule is Cn1ccc(CNC(=O)c2ccc(N)c(Cl)c2)c1. The second-order valence-corrected chi connectivity index (χ2v) is 4.51. The number of rotatable bonds is 3. The largest absolute Gasteiger partial charge is 0.398 e. The molecule has 5 heteroatoms. The van der Waals surface area contributed by atoms with Crippen molar-refractivity contribution in [1.29, 1.82) is 0 Å². The Kier molecular flexibility index (Phi) is 3.58. The Morgan fingerprint density at radius 1 is 1.44 bits per heavy atom. The molecule has 0 fully saturated rings. The topological polar surface area (TPSA) is 60.0 Å². The first-order valence-electron chi connectivity index (χ1n) is 5.50. The smallest absolute Gasteiger partial charge is 0.251 e. The third kappa shape index (κ3) is 2.84. The number of hydrogen-bond donors (Lipinski definition) is 2. The highest BCUT2D eigenvalue weighted by atomic mass is 35.5. The van der Waals surface area contributed by atoms with Crippen molar-refractivity contribution in [3.8, 4) is 0 Å². The quantitative estimate of drug-likeness (QED) is 0.834. The molecule has 1 aromatic heterocycles. The van der Waals surface area contributed by atoms with E-state index in [1.54, 1.807) is 18.2 Å². The number of carbonyl (C=O) groups excluding carboxylic acids is 1. The Balaban J connectivity index is 2.01. The van der Waals surface area contributed by atoms with E-state index in [1.807, 2.05) is 30.1 Å². The predicted molar refractivity (Wildman–Crippen MR) is 72.4 cm³/mol. The molecule has 1 aromatic carbocycles. The molecule has 0 spiro atoms. The maximum Gasteiger partial charge on any atom is 0.251 e. The van der Waals surface area contributed by atoms with Gasteiger partial charge >= 0.3 is 0 Å². The number of halogens is 1. The number of nitrogens with two attached hydrogens (primary N) is 1. The number of hydrogen-bond acceptors (Lipinski definition) is 2. The molecule has 94 valence electrons. The van der Waals surface area contributed by atoms with E-state index in [9.17, 15) is 4.79 Å². The van der Waals surface area contributed by atoms with Gasteiger partial charge < -0.3 is 15.6 Å². The summed E-state index contributed by atoms with van der Waals surface area (Å²) in [5.74, 6) is -0.166. The van der Waals surface area contributed by atoms with Crippen molar-refractivity contribution in [2.45, 2.75) is 6.54 Å². The zero-order valence-corrected chi connectivity index (χ0v) is 10.7. The minimum atomic E-state index is -0.166. The second-order valence-electron chi connectivity index (χ2n) is 4.10. The van der Waals surface area contributed by atoms with Crippen LogP contribution in [0.2, 0.25) is 5.02 Å². The molecule has 18 heavy (non-hydrogen) atoms. The van der Waals surface area contributed by atoms with Crippen LogP contribution in [0.1, 0.15) is 15.9 Å². The maximum atomic E-state index is 11.9. The van der Waals surface area contributed by atoms with Gasteiger partial charge in [-0.15, -0.1) is 0 Å². The fourth-order valence-corrected chi connectivity index (χ4v) is 1.80. The normalized spacial score (nSPS) is 10.3. The van der Waals surface area contributed by atoms with Gasteiger partial charge in [0.05, 0.1) is 10.7 Å². The third-order valence-corrected chi connectivity index (χ3v) is 2.94. The van der Waals surface area contributed by atoms with Crippen LogP contribution in [-0.4, -0.2) is 10.5 Å². The molecule has 0 saturated carbocycles. The van der Waals surface area contributed by atoms with E-state index >= 15 is 0 Å². The summed E-state index contributed by atoms with van der Waals surface area (Å²) in [4.78, 5) is 11.9. The van der Waals surface area contributed by atoms with Crippen LogP contribution in [0.25, 0.3) is 0 Å². The van der Waals surface area contributed by atoms with Crippen molar-refractivity contribution < 1.29 is 4.79 Å². The molecule has 0 atom stereocenters. The molecule has 2 aromatic rings. The number of nitrogens with one attached hydrogen (secondary N) is 1. The highest BCUT2D eigenvalue weighted by molar-refractivity contribution is 6.33. The molecule has 3 N–H and O–H groups in total. The second kappa shape index (κ2) is 5.14.